The number of hydrogen-bond donors (Lipinski definition) is 2. The Balaban J connectivity index is 1.57. The molecule has 13 nitrogen and oxygen atoms in total. The van der Waals surface area contributed by atoms with Crippen LogP contribution in [0, 0.1) is 5.92 Å². The zero-order valence-corrected chi connectivity index (χ0v) is 27.9. The summed E-state index contributed by atoms with van der Waals surface area (Å²) in [5.41, 5.74) is 0.782. The second kappa shape index (κ2) is 14.4. The van der Waals surface area contributed by atoms with Crippen LogP contribution < -0.4 is 24.2 Å². The van der Waals surface area contributed by atoms with E-state index >= 15 is 0 Å². The molecular weight excluding hydrogens is 634 g/mol. The minimum Gasteiger partial charge on any atom is -0.493 e. The van der Waals surface area contributed by atoms with E-state index in [9.17, 15) is 13.2 Å². The summed E-state index contributed by atoms with van der Waals surface area (Å²) in [6.07, 6.45) is 4.56. The Morgan fingerprint density at radius 3 is 2.15 bits per heavy atom. The lowest BCUT2D eigenvalue weighted by atomic mass is 9.87. The Bertz CT molecular complexity index is 1970. The van der Waals surface area contributed by atoms with E-state index in [1.165, 1.54) is 31.6 Å². The van der Waals surface area contributed by atoms with Crippen molar-refractivity contribution in [2.45, 2.75) is 38.0 Å². The maximum absolute atomic E-state index is 13.8. The lowest BCUT2D eigenvalue weighted by Crippen LogP contribution is -2.26. The van der Waals surface area contributed by atoms with Crippen molar-refractivity contribution in [3.63, 3.8) is 0 Å². The highest BCUT2D eigenvalue weighted by atomic mass is 32.2. The lowest BCUT2D eigenvalue weighted by Gasteiger charge is -2.20. The maximum atomic E-state index is 13.8. The first-order valence-electron chi connectivity index (χ1n) is 14.9. The van der Waals surface area contributed by atoms with Crippen LogP contribution in [0.5, 0.6) is 23.1 Å². The van der Waals surface area contributed by atoms with Gasteiger partial charge in [-0.25, -0.2) is 28.4 Å². The number of carbonyl (C=O) groups is 1. The molecule has 5 rings (SSSR count). The Morgan fingerprint density at radius 1 is 0.833 bits per heavy atom. The van der Waals surface area contributed by atoms with Crippen LogP contribution in [0.3, 0.4) is 0 Å². The Kier molecular flexibility index (Phi) is 10.1. The average molecular weight is 670 g/mol. The fourth-order valence-corrected chi connectivity index (χ4v) is 5.31. The number of aromatic nitrogens is 5. The number of sulfonamides is 1. The predicted molar refractivity (Wildman–Crippen MR) is 180 cm³/mol. The van der Waals surface area contributed by atoms with Crippen LogP contribution in [0.4, 0.5) is 11.6 Å². The van der Waals surface area contributed by atoms with Crippen LogP contribution in [-0.2, 0) is 20.2 Å². The summed E-state index contributed by atoms with van der Waals surface area (Å²) in [7, 11) is -2.75. The third-order valence-electron chi connectivity index (χ3n) is 6.98. The summed E-state index contributed by atoms with van der Waals surface area (Å²) in [6, 6.07) is 20.1. The second-order valence-corrected chi connectivity index (χ2v) is 13.3. The molecule has 3 aromatic heterocycles. The normalized spacial score (nSPS) is 12.1. The van der Waals surface area contributed by atoms with Gasteiger partial charge < -0.3 is 19.5 Å². The molecule has 1 atom stereocenters. The summed E-state index contributed by atoms with van der Waals surface area (Å²) >= 11 is 0. The molecule has 1 unspecified atom stereocenters. The van der Waals surface area contributed by atoms with Gasteiger partial charge in [0.05, 0.1) is 17.9 Å². The smallest absolute Gasteiger partial charge is 0.263 e. The van der Waals surface area contributed by atoms with Crippen molar-refractivity contribution in [2.24, 2.45) is 5.92 Å². The highest BCUT2D eigenvalue weighted by Crippen LogP contribution is 2.41. The second-order valence-electron chi connectivity index (χ2n) is 11.7. The molecular formula is C34H35N7O6S. The molecule has 0 fully saturated rings. The molecule has 0 saturated heterocycles. The number of rotatable bonds is 12. The summed E-state index contributed by atoms with van der Waals surface area (Å²) in [6.45, 7) is 7.60. The van der Waals surface area contributed by atoms with Crippen LogP contribution in [0.15, 0.2) is 96.3 Å². The van der Waals surface area contributed by atoms with Crippen LogP contribution in [0.1, 0.15) is 33.3 Å². The Labute approximate surface area is 278 Å². The predicted octanol–water partition coefficient (Wildman–Crippen LogP) is 5.88. The van der Waals surface area contributed by atoms with Crippen molar-refractivity contribution in [3.8, 4) is 34.8 Å². The molecule has 0 aliphatic carbocycles. The van der Waals surface area contributed by atoms with Gasteiger partial charge in [-0.3, -0.25) is 9.52 Å². The molecule has 5 aromatic rings. The number of para-hydroxylation sites is 2. The van der Waals surface area contributed by atoms with Crippen LogP contribution in [0.25, 0.3) is 11.6 Å². The molecule has 0 saturated carbocycles. The standard InChI is InChI=1S/C34H35N7O6S/c1-22(32(42)38-27-13-8-9-18-35-27)21-46-33-28(47-26-12-7-6-11-25(26)45-5)29(39-31(40-33)30-36-19-10-20-37-30)41-48(43,44)24-16-14-23(15-17-24)34(2,3)4/h6-20,22H,21H2,1-5H3,(H,35,38,42)(H,39,40,41). The largest absolute Gasteiger partial charge is 0.493 e. The first-order valence-corrected chi connectivity index (χ1v) is 16.4. The van der Waals surface area contributed by atoms with Crippen molar-refractivity contribution >= 4 is 27.6 Å². The molecule has 48 heavy (non-hydrogen) atoms. The number of carbonyl (C=O) groups excluding carboxylic acids is 1. The SMILES string of the molecule is COc1ccccc1Oc1c(NS(=O)(=O)c2ccc(C(C)(C)C)cc2)nc(-c2ncccn2)nc1OCC(C)C(=O)Nc1ccccn1. The molecule has 0 bridgehead atoms. The highest BCUT2D eigenvalue weighted by molar-refractivity contribution is 7.92. The highest BCUT2D eigenvalue weighted by Gasteiger charge is 2.27. The van der Waals surface area contributed by atoms with Crippen LogP contribution in [-0.4, -0.2) is 53.0 Å². The van der Waals surface area contributed by atoms with Gasteiger partial charge in [-0.1, -0.05) is 58.0 Å². The van der Waals surface area contributed by atoms with Crippen molar-refractivity contribution in [1.82, 2.24) is 24.9 Å². The van der Waals surface area contributed by atoms with Crippen LogP contribution >= 0.6 is 0 Å². The van der Waals surface area contributed by atoms with Gasteiger partial charge in [-0.2, -0.15) is 4.98 Å². The fourth-order valence-electron chi connectivity index (χ4n) is 4.30. The van der Waals surface area contributed by atoms with Gasteiger partial charge in [0.15, 0.2) is 23.1 Å². The van der Waals surface area contributed by atoms with Gasteiger partial charge in [0.2, 0.25) is 17.5 Å². The van der Waals surface area contributed by atoms with Gasteiger partial charge in [0.1, 0.15) is 12.4 Å². The lowest BCUT2D eigenvalue weighted by molar-refractivity contribution is -0.120. The van der Waals surface area contributed by atoms with E-state index < -0.39 is 15.9 Å². The first kappa shape index (κ1) is 33.7. The summed E-state index contributed by atoms with van der Waals surface area (Å²) in [5, 5.41) is 2.74. The van der Waals surface area contributed by atoms with E-state index in [4.69, 9.17) is 14.2 Å². The molecule has 0 aliphatic heterocycles. The number of nitrogens with zero attached hydrogens (tertiary/aromatic N) is 5. The first-order chi connectivity index (χ1) is 22.9. The molecule has 248 valence electrons. The third kappa shape index (κ3) is 8.20. The van der Waals surface area contributed by atoms with E-state index in [1.54, 1.807) is 73.8 Å². The number of pyridine rings is 1. The minimum atomic E-state index is -4.22. The fraction of sp³-hybridized carbons (Fsp3) is 0.235. The van der Waals surface area contributed by atoms with Crippen molar-refractivity contribution < 1.29 is 27.4 Å². The van der Waals surface area contributed by atoms with Gasteiger partial charge in [0.25, 0.3) is 15.9 Å². The summed E-state index contributed by atoms with van der Waals surface area (Å²) in [4.78, 5) is 34.5. The monoisotopic (exact) mass is 669 g/mol. The van der Waals surface area contributed by atoms with Gasteiger partial charge in [0, 0.05) is 18.6 Å². The average Bonchev–Trinajstić information content (AvgIpc) is 3.08. The number of ether oxygens (including phenoxy) is 3. The molecule has 0 aliphatic rings. The quantitative estimate of drug-likeness (QED) is 0.163. The van der Waals surface area contributed by atoms with E-state index in [1.807, 2.05) is 20.8 Å². The van der Waals surface area contributed by atoms with E-state index in [2.05, 4.69) is 35.0 Å². The van der Waals surface area contributed by atoms with E-state index in [0.29, 0.717) is 11.6 Å². The maximum Gasteiger partial charge on any atom is 0.263 e. The molecule has 14 heteroatoms. The van der Waals surface area contributed by atoms with Crippen molar-refractivity contribution in [1.29, 1.82) is 0 Å². The van der Waals surface area contributed by atoms with Crippen molar-refractivity contribution in [3.05, 3.63) is 97.0 Å². The molecule has 0 radical (unpaired) electrons. The molecule has 2 aromatic carbocycles. The van der Waals surface area contributed by atoms with E-state index in [0.717, 1.165) is 5.56 Å². The summed E-state index contributed by atoms with van der Waals surface area (Å²) in [5.74, 6) is -0.637. The molecule has 2 N–H and O–H groups in total. The zero-order valence-electron chi connectivity index (χ0n) is 27.0. The molecule has 0 spiro atoms. The minimum absolute atomic E-state index is 0.00264. The number of methoxy groups -OCH3 is 1. The molecule has 3 heterocycles. The topological polar surface area (TPSA) is 167 Å². The Morgan fingerprint density at radius 2 is 1.50 bits per heavy atom. The summed E-state index contributed by atoms with van der Waals surface area (Å²) < 4.78 is 47.9. The van der Waals surface area contributed by atoms with Crippen LogP contribution in [0.2, 0.25) is 0 Å². The van der Waals surface area contributed by atoms with Gasteiger partial charge >= 0.3 is 0 Å². The van der Waals surface area contributed by atoms with Crippen molar-refractivity contribution in [2.75, 3.05) is 23.8 Å². The molecule has 1 amide bonds. The number of nitrogens with one attached hydrogen (secondary N) is 2. The van der Waals surface area contributed by atoms with E-state index in [-0.39, 0.29) is 57.7 Å². The zero-order chi connectivity index (χ0) is 34.3. The number of benzene rings is 2. The third-order valence-corrected chi connectivity index (χ3v) is 8.33. The number of amides is 1. The van der Waals surface area contributed by atoms with Gasteiger partial charge in [-0.05, 0) is 53.4 Å². The van der Waals surface area contributed by atoms with Gasteiger partial charge in [-0.15, -0.1) is 0 Å². The number of hydrogen-bond acceptors (Lipinski definition) is 11. The Hall–Kier alpha value is -5.63. The number of anilines is 2.